The summed E-state index contributed by atoms with van der Waals surface area (Å²) in [5.41, 5.74) is -0.281. The Balaban J connectivity index is 0.000000234. The van der Waals surface area contributed by atoms with Gasteiger partial charge in [-0.05, 0) is 18.2 Å². The van der Waals surface area contributed by atoms with Gasteiger partial charge in [-0.2, -0.15) is 0 Å². The summed E-state index contributed by atoms with van der Waals surface area (Å²) in [7, 11) is 0. The number of carboxylic acid groups (broad SMARTS) is 1. The van der Waals surface area contributed by atoms with Crippen molar-refractivity contribution >= 4 is 23.6 Å². The maximum atomic E-state index is 13.6. The molecule has 29 heavy (non-hydrogen) atoms. The fourth-order valence-electron chi connectivity index (χ4n) is 2.19. The topological polar surface area (TPSA) is 86.7 Å². The van der Waals surface area contributed by atoms with Crippen LogP contribution >= 0.6 is 0 Å². The van der Waals surface area contributed by atoms with Gasteiger partial charge in [0, 0.05) is 19.0 Å². The molecule has 154 valence electrons. The lowest BCUT2D eigenvalue weighted by Crippen LogP contribution is -2.49. The molecule has 0 atom stereocenters. The molecule has 1 aliphatic heterocycles. The standard InChI is InChI=1S/C11H9FN2O4.C6HF5/c12-7-2-1-6(10(16)17)5-8(7)14-4-3-9(15)13-11(14)18;7-2-1-3(8)5(10)6(11)4(2)9/h1-2,5H,3-4H2,(H,16,17)(H,13,15,18);1H. The number of nitrogens with zero attached hydrogens (tertiary/aromatic N) is 1. The molecule has 12 heteroatoms. The van der Waals surface area contributed by atoms with Crippen LogP contribution in [-0.4, -0.2) is 29.6 Å². The molecule has 1 aliphatic rings. The summed E-state index contributed by atoms with van der Waals surface area (Å²) < 4.78 is 73.6. The van der Waals surface area contributed by atoms with E-state index in [9.17, 15) is 40.7 Å². The van der Waals surface area contributed by atoms with Crippen molar-refractivity contribution in [1.82, 2.24) is 5.32 Å². The highest BCUT2D eigenvalue weighted by atomic mass is 19.2. The van der Waals surface area contributed by atoms with Crippen LogP contribution in [-0.2, 0) is 4.79 Å². The third-order valence-corrected chi connectivity index (χ3v) is 3.60. The van der Waals surface area contributed by atoms with E-state index in [1.165, 1.54) is 0 Å². The van der Waals surface area contributed by atoms with Crippen molar-refractivity contribution in [3.05, 3.63) is 64.7 Å². The number of benzene rings is 2. The maximum Gasteiger partial charge on any atom is 0.335 e. The summed E-state index contributed by atoms with van der Waals surface area (Å²) in [5.74, 6) is -12.0. The molecule has 6 nitrogen and oxygen atoms in total. The van der Waals surface area contributed by atoms with Gasteiger partial charge in [-0.25, -0.2) is 35.9 Å². The molecule has 2 aromatic rings. The number of anilines is 1. The van der Waals surface area contributed by atoms with Crippen molar-refractivity contribution < 1.29 is 45.8 Å². The third kappa shape index (κ3) is 4.83. The lowest BCUT2D eigenvalue weighted by Gasteiger charge is -2.26. The first-order chi connectivity index (χ1) is 13.5. The smallest absolute Gasteiger partial charge is 0.335 e. The summed E-state index contributed by atoms with van der Waals surface area (Å²) in [6, 6.07) is 2.32. The Labute approximate surface area is 158 Å². The van der Waals surface area contributed by atoms with Crippen molar-refractivity contribution in [3.63, 3.8) is 0 Å². The van der Waals surface area contributed by atoms with E-state index in [0.717, 1.165) is 23.1 Å². The minimum Gasteiger partial charge on any atom is -0.478 e. The van der Waals surface area contributed by atoms with Gasteiger partial charge in [0.1, 0.15) is 5.82 Å². The Hall–Kier alpha value is -3.57. The zero-order chi connectivity index (χ0) is 21.9. The molecular formula is C17H10F6N2O4. The van der Waals surface area contributed by atoms with Crippen LogP contribution in [0.2, 0.25) is 0 Å². The number of imide groups is 1. The second-order valence-corrected chi connectivity index (χ2v) is 5.51. The van der Waals surface area contributed by atoms with E-state index >= 15 is 0 Å². The molecule has 0 aliphatic carbocycles. The van der Waals surface area contributed by atoms with E-state index in [2.05, 4.69) is 0 Å². The van der Waals surface area contributed by atoms with Gasteiger partial charge < -0.3 is 5.11 Å². The van der Waals surface area contributed by atoms with Gasteiger partial charge in [0.25, 0.3) is 0 Å². The first-order valence-corrected chi connectivity index (χ1v) is 7.65. The largest absolute Gasteiger partial charge is 0.478 e. The summed E-state index contributed by atoms with van der Waals surface area (Å²) in [6.45, 7) is 0.0185. The SMILES string of the molecule is Fc1cc(F)c(F)c(F)c1F.O=C1CCN(c2cc(C(=O)O)ccc2F)C(=O)N1. The third-order valence-electron chi connectivity index (χ3n) is 3.60. The number of carbonyl (C=O) groups is 3. The number of nitrogens with one attached hydrogen (secondary N) is 1. The fourth-order valence-corrected chi connectivity index (χ4v) is 2.19. The van der Waals surface area contributed by atoms with Crippen LogP contribution in [0.1, 0.15) is 16.8 Å². The minimum absolute atomic E-state index is 0.0185. The molecule has 0 bridgehead atoms. The van der Waals surface area contributed by atoms with E-state index in [1.807, 2.05) is 5.32 Å². The molecule has 0 unspecified atom stereocenters. The van der Waals surface area contributed by atoms with Gasteiger partial charge >= 0.3 is 12.0 Å². The van der Waals surface area contributed by atoms with Gasteiger partial charge in [-0.3, -0.25) is 15.0 Å². The predicted molar refractivity (Wildman–Crippen MR) is 85.1 cm³/mol. The van der Waals surface area contributed by atoms with Crippen LogP contribution in [0, 0.1) is 34.9 Å². The number of rotatable bonds is 2. The van der Waals surface area contributed by atoms with Gasteiger partial charge in [0.05, 0.1) is 11.3 Å². The lowest BCUT2D eigenvalue weighted by atomic mass is 10.1. The Morgan fingerprint density at radius 1 is 0.897 bits per heavy atom. The molecule has 3 amide bonds. The van der Waals surface area contributed by atoms with Crippen molar-refractivity contribution in [3.8, 4) is 0 Å². The zero-order valence-corrected chi connectivity index (χ0v) is 14.1. The summed E-state index contributed by atoms with van der Waals surface area (Å²) in [5, 5.41) is 10.8. The number of halogens is 6. The monoisotopic (exact) mass is 420 g/mol. The number of carboxylic acids is 1. The highest BCUT2D eigenvalue weighted by molar-refractivity contribution is 6.06. The van der Waals surface area contributed by atoms with E-state index in [0.29, 0.717) is 0 Å². The zero-order valence-electron chi connectivity index (χ0n) is 14.1. The first-order valence-electron chi connectivity index (χ1n) is 7.65. The van der Waals surface area contributed by atoms with Crippen LogP contribution in [0.15, 0.2) is 24.3 Å². The molecule has 0 spiro atoms. The van der Waals surface area contributed by atoms with Crippen LogP contribution in [0.4, 0.5) is 36.8 Å². The summed E-state index contributed by atoms with van der Waals surface area (Å²) in [6.07, 6.45) is 0.0441. The minimum atomic E-state index is -2.14. The molecular weight excluding hydrogens is 410 g/mol. The molecule has 3 rings (SSSR count). The predicted octanol–water partition coefficient (Wildman–Crippen LogP) is 3.35. The van der Waals surface area contributed by atoms with Crippen LogP contribution in [0.5, 0.6) is 0 Å². The molecule has 2 N–H and O–H groups in total. The van der Waals surface area contributed by atoms with Gasteiger partial charge in [-0.15, -0.1) is 0 Å². The normalized spacial score (nSPS) is 13.5. The first kappa shape index (κ1) is 21.7. The highest BCUT2D eigenvalue weighted by Crippen LogP contribution is 2.23. The van der Waals surface area contributed by atoms with Crippen molar-refractivity contribution in [2.75, 3.05) is 11.4 Å². The van der Waals surface area contributed by atoms with Crippen molar-refractivity contribution in [1.29, 1.82) is 0 Å². The average Bonchev–Trinajstić information content (AvgIpc) is 2.66. The molecule has 2 aromatic carbocycles. The number of hydrogen-bond acceptors (Lipinski definition) is 3. The Morgan fingerprint density at radius 2 is 1.48 bits per heavy atom. The van der Waals surface area contributed by atoms with E-state index in [-0.39, 0.29) is 30.3 Å². The number of hydrogen-bond donors (Lipinski definition) is 2. The molecule has 1 heterocycles. The van der Waals surface area contributed by atoms with Gasteiger partial charge in [0.2, 0.25) is 11.7 Å². The van der Waals surface area contributed by atoms with Crippen molar-refractivity contribution in [2.45, 2.75) is 6.42 Å². The van der Waals surface area contributed by atoms with Gasteiger partial charge in [-0.1, -0.05) is 0 Å². The molecule has 1 fully saturated rings. The molecule has 0 aromatic heterocycles. The highest BCUT2D eigenvalue weighted by Gasteiger charge is 2.26. The average molecular weight is 420 g/mol. The van der Waals surface area contributed by atoms with E-state index in [1.54, 1.807) is 0 Å². The Bertz CT molecular complexity index is 972. The van der Waals surface area contributed by atoms with Crippen LogP contribution < -0.4 is 10.2 Å². The second-order valence-electron chi connectivity index (χ2n) is 5.51. The van der Waals surface area contributed by atoms with Gasteiger partial charge in [0.15, 0.2) is 23.3 Å². The fraction of sp³-hybridized carbons (Fsp3) is 0.118. The van der Waals surface area contributed by atoms with E-state index in [4.69, 9.17) is 5.11 Å². The Morgan fingerprint density at radius 3 is 2.00 bits per heavy atom. The summed E-state index contributed by atoms with van der Waals surface area (Å²) in [4.78, 5) is 34.3. The Kier molecular flexibility index (Phi) is 6.46. The van der Waals surface area contributed by atoms with Crippen molar-refractivity contribution in [2.24, 2.45) is 0 Å². The molecule has 0 radical (unpaired) electrons. The number of urea groups is 1. The molecule has 1 saturated heterocycles. The molecule has 0 saturated carbocycles. The summed E-state index contributed by atoms with van der Waals surface area (Å²) >= 11 is 0. The second kappa shape index (κ2) is 8.63. The maximum absolute atomic E-state index is 13.6. The van der Waals surface area contributed by atoms with E-state index < -0.39 is 52.8 Å². The number of amides is 3. The number of carbonyl (C=O) groups excluding carboxylic acids is 2. The lowest BCUT2D eigenvalue weighted by molar-refractivity contribution is -0.120. The quantitative estimate of drug-likeness (QED) is 0.443. The van der Waals surface area contributed by atoms with Crippen LogP contribution in [0.25, 0.3) is 0 Å². The number of aromatic carboxylic acids is 1. The van der Waals surface area contributed by atoms with Crippen LogP contribution in [0.3, 0.4) is 0 Å².